The smallest absolute Gasteiger partial charge is 0.351 e. The van der Waals surface area contributed by atoms with E-state index in [1.54, 1.807) is 24.3 Å². The number of aliphatic carboxylic acids is 1. The topological polar surface area (TPSA) is 80.4 Å². The van der Waals surface area contributed by atoms with E-state index in [-0.39, 0.29) is 0 Å². The van der Waals surface area contributed by atoms with Crippen molar-refractivity contribution in [2.45, 2.75) is 0 Å². The monoisotopic (exact) mass is 269 g/mol. The highest BCUT2D eigenvalue weighted by Crippen LogP contribution is 2.11. The Balaban J connectivity index is 2.91. The lowest BCUT2D eigenvalue weighted by Gasteiger charge is -1.97. The van der Waals surface area contributed by atoms with Crippen LogP contribution in [0.1, 0.15) is 10.4 Å². The van der Waals surface area contributed by atoms with Gasteiger partial charge in [-0.3, -0.25) is 4.79 Å². The van der Waals surface area contributed by atoms with Crippen LogP contribution in [0.25, 0.3) is 0 Å². The molecule has 78 valence electrons. The fourth-order valence-corrected chi connectivity index (χ4v) is 1.16. The summed E-state index contributed by atoms with van der Waals surface area (Å²) in [4.78, 5) is 21.8. The molecule has 0 radical (unpaired) electrons. The van der Waals surface area contributed by atoms with Crippen LogP contribution in [-0.2, 0) is 4.79 Å². The Morgan fingerprint density at radius 2 is 1.80 bits per heavy atom. The molecule has 0 unspecified atom stereocenters. The summed E-state index contributed by atoms with van der Waals surface area (Å²) in [5, 5.41) is 8.47. The molecule has 1 aromatic carbocycles. The molecular weight excluding hydrogens is 262 g/mol. The summed E-state index contributed by atoms with van der Waals surface area (Å²) in [5.41, 5.74) is 5.04. The summed E-state index contributed by atoms with van der Waals surface area (Å²) in [6.07, 6.45) is 0.894. The predicted molar refractivity (Wildman–Crippen MR) is 58.4 cm³/mol. The van der Waals surface area contributed by atoms with E-state index in [0.717, 1.165) is 10.5 Å². The molecule has 0 aliphatic heterocycles. The Morgan fingerprint density at radius 1 is 1.27 bits per heavy atom. The minimum atomic E-state index is -1.31. The van der Waals surface area contributed by atoms with Crippen molar-refractivity contribution in [1.29, 1.82) is 0 Å². The van der Waals surface area contributed by atoms with Crippen LogP contribution in [0.3, 0.4) is 0 Å². The molecule has 0 aliphatic carbocycles. The molecule has 3 N–H and O–H groups in total. The third-order valence-corrected chi connectivity index (χ3v) is 2.19. The Bertz CT molecular complexity index is 423. The lowest BCUT2D eigenvalue weighted by Crippen LogP contribution is -2.12. The molecule has 0 saturated heterocycles. The largest absolute Gasteiger partial charge is 0.477 e. The molecule has 15 heavy (non-hydrogen) atoms. The van der Waals surface area contributed by atoms with Gasteiger partial charge in [0.2, 0.25) is 0 Å². The molecule has 0 bridgehead atoms. The number of rotatable bonds is 3. The van der Waals surface area contributed by atoms with Gasteiger partial charge in [-0.2, -0.15) is 0 Å². The van der Waals surface area contributed by atoms with Crippen LogP contribution < -0.4 is 5.73 Å². The summed E-state index contributed by atoms with van der Waals surface area (Å²) in [6.45, 7) is 0. The van der Waals surface area contributed by atoms with Crippen LogP contribution in [0, 0.1) is 0 Å². The van der Waals surface area contributed by atoms with Crippen LogP contribution in [0.4, 0.5) is 0 Å². The van der Waals surface area contributed by atoms with Crippen molar-refractivity contribution in [2.75, 3.05) is 0 Å². The summed E-state index contributed by atoms with van der Waals surface area (Å²) >= 11 is 3.22. The van der Waals surface area contributed by atoms with E-state index in [1.807, 2.05) is 0 Å². The maximum atomic E-state index is 11.4. The van der Waals surface area contributed by atoms with Crippen LogP contribution in [0.15, 0.2) is 40.5 Å². The number of hydrogen-bond acceptors (Lipinski definition) is 3. The zero-order valence-corrected chi connectivity index (χ0v) is 9.19. The molecule has 0 aliphatic rings. The van der Waals surface area contributed by atoms with E-state index in [9.17, 15) is 9.59 Å². The van der Waals surface area contributed by atoms with Gasteiger partial charge in [0.25, 0.3) is 0 Å². The lowest BCUT2D eigenvalue weighted by molar-refractivity contribution is -0.132. The number of ketones is 1. The Kier molecular flexibility index (Phi) is 3.62. The first-order chi connectivity index (χ1) is 7.00. The van der Waals surface area contributed by atoms with Gasteiger partial charge in [-0.15, -0.1) is 0 Å². The van der Waals surface area contributed by atoms with E-state index in [1.165, 1.54) is 0 Å². The van der Waals surface area contributed by atoms with Gasteiger partial charge in [-0.1, -0.05) is 15.9 Å². The summed E-state index contributed by atoms with van der Waals surface area (Å²) in [6, 6.07) is 6.55. The minimum absolute atomic E-state index is 0.391. The molecule has 1 rings (SSSR count). The second-order valence-corrected chi connectivity index (χ2v) is 3.69. The predicted octanol–water partition coefficient (Wildman–Crippen LogP) is 1.56. The lowest BCUT2D eigenvalue weighted by atomic mass is 10.1. The third kappa shape index (κ3) is 3.21. The van der Waals surface area contributed by atoms with Crippen LogP contribution in [0.2, 0.25) is 0 Å². The highest BCUT2D eigenvalue weighted by Gasteiger charge is 2.07. The van der Waals surface area contributed by atoms with Crippen molar-refractivity contribution in [2.24, 2.45) is 5.73 Å². The van der Waals surface area contributed by atoms with Gasteiger partial charge in [0, 0.05) is 16.1 Å². The van der Waals surface area contributed by atoms with Crippen LogP contribution in [-0.4, -0.2) is 16.9 Å². The highest BCUT2D eigenvalue weighted by molar-refractivity contribution is 9.10. The van der Waals surface area contributed by atoms with Crippen molar-refractivity contribution in [3.05, 3.63) is 46.1 Å². The number of carboxylic acid groups (broad SMARTS) is 1. The fraction of sp³-hybridized carbons (Fsp3) is 0. The number of hydrogen-bond donors (Lipinski definition) is 2. The first-order valence-electron chi connectivity index (χ1n) is 4.01. The van der Waals surface area contributed by atoms with E-state index < -0.39 is 17.4 Å². The van der Waals surface area contributed by atoms with Gasteiger partial charge < -0.3 is 10.8 Å². The molecule has 0 fully saturated rings. The third-order valence-electron chi connectivity index (χ3n) is 1.66. The van der Waals surface area contributed by atoms with Crippen molar-refractivity contribution < 1.29 is 14.7 Å². The second kappa shape index (κ2) is 4.75. The number of nitrogens with two attached hydrogens (primary N) is 1. The molecule has 0 atom stereocenters. The molecule has 0 heterocycles. The van der Waals surface area contributed by atoms with Crippen LogP contribution in [0.5, 0.6) is 0 Å². The van der Waals surface area contributed by atoms with Crippen molar-refractivity contribution in [1.82, 2.24) is 0 Å². The quantitative estimate of drug-likeness (QED) is 0.645. The van der Waals surface area contributed by atoms with Gasteiger partial charge >= 0.3 is 5.97 Å². The van der Waals surface area contributed by atoms with E-state index >= 15 is 0 Å². The average molecular weight is 270 g/mol. The number of carbonyl (C=O) groups excluding carboxylic acids is 1. The highest BCUT2D eigenvalue weighted by atomic mass is 79.9. The molecule has 0 amide bonds. The van der Waals surface area contributed by atoms with Crippen molar-refractivity contribution in [3.8, 4) is 0 Å². The molecule has 4 nitrogen and oxygen atoms in total. The van der Waals surface area contributed by atoms with E-state index in [2.05, 4.69) is 15.9 Å². The zero-order valence-electron chi connectivity index (χ0n) is 7.61. The maximum Gasteiger partial charge on any atom is 0.351 e. The normalized spacial score (nSPS) is 11.1. The van der Waals surface area contributed by atoms with Crippen LogP contribution >= 0.6 is 15.9 Å². The SMILES string of the molecule is N/C(=C/C(=O)c1ccc(Br)cc1)C(=O)O. The van der Waals surface area contributed by atoms with E-state index in [4.69, 9.17) is 10.8 Å². The van der Waals surface area contributed by atoms with E-state index in [0.29, 0.717) is 5.56 Å². The fourth-order valence-electron chi connectivity index (χ4n) is 0.900. The number of halogens is 1. The number of benzene rings is 1. The van der Waals surface area contributed by atoms with Gasteiger partial charge in [0.1, 0.15) is 5.70 Å². The second-order valence-electron chi connectivity index (χ2n) is 2.78. The Morgan fingerprint density at radius 3 is 2.27 bits per heavy atom. The Hall–Kier alpha value is -1.62. The molecule has 0 saturated carbocycles. The molecule has 1 aromatic rings. The molecule has 5 heteroatoms. The maximum absolute atomic E-state index is 11.4. The molecular formula is C10H8BrNO3. The Labute approximate surface area is 94.5 Å². The zero-order chi connectivity index (χ0) is 11.4. The number of carboxylic acids is 1. The van der Waals surface area contributed by atoms with Gasteiger partial charge in [-0.05, 0) is 24.3 Å². The van der Waals surface area contributed by atoms with Gasteiger partial charge in [0.15, 0.2) is 5.78 Å². The first-order valence-corrected chi connectivity index (χ1v) is 4.80. The number of carbonyl (C=O) groups is 2. The van der Waals surface area contributed by atoms with Crippen molar-refractivity contribution in [3.63, 3.8) is 0 Å². The molecule has 0 aromatic heterocycles. The standard InChI is InChI=1S/C10H8BrNO3/c11-7-3-1-6(2-4-7)9(13)5-8(12)10(14)15/h1-5H,12H2,(H,14,15)/b8-5+. The minimum Gasteiger partial charge on any atom is -0.477 e. The first kappa shape index (κ1) is 11.5. The van der Waals surface area contributed by atoms with Gasteiger partial charge in [0.05, 0.1) is 0 Å². The van der Waals surface area contributed by atoms with Crippen molar-refractivity contribution >= 4 is 27.7 Å². The average Bonchev–Trinajstić information content (AvgIpc) is 2.18. The number of allylic oxidation sites excluding steroid dienone is 1. The summed E-state index contributed by atoms with van der Waals surface area (Å²) in [5.74, 6) is -1.73. The summed E-state index contributed by atoms with van der Waals surface area (Å²) in [7, 11) is 0. The van der Waals surface area contributed by atoms with Gasteiger partial charge in [-0.25, -0.2) is 4.79 Å². The summed E-state index contributed by atoms with van der Waals surface area (Å²) < 4.78 is 0.842. The molecule has 0 spiro atoms.